The van der Waals surface area contributed by atoms with Gasteiger partial charge in [0.1, 0.15) is 10.6 Å². The van der Waals surface area contributed by atoms with Crippen LogP contribution in [0.3, 0.4) is 0 Å². The molecule has 0 aliphatic rings. The van der Waals surface area contributed by atoms with Crippen LogP contribution in [0, 0.1) is 4.78 Å². The number of unbranched alkanes of at least 4 members (excludes halogenated alkanes) is 1. The van der Waals surface area contributed by atoms with Crippen LogP contribution in [0.5, 0.6) is 11.5 Å². The molecule has 0 aromatic heterocycles. The molecule has 7 nitrogen and oxygen atoms in total. The molecule has 0 bridgehead atoms. The van der Waals surface area contributed by atoms with Crippen LogP contribution in [0.1, 0.15) is 30.1 Å². The summed E-state index contributed by atoms with van der Waals surface area (Å²) >= 11 is 6.22. The van der Waals surface area contributed by atoms with Crippen LogP contribution in [0.15, 0.2) is 71.6 Å². The van der Waals surface area contributed by atoms with E-state index in [0.717, 1.165) is 12.8 Å². The first-order valence-electron chi connectivity index (χ1n) is 10.4. The molecule has 0 fully saturated rings. The van der Waals surface area contributed by atoms with E-state index in [1.807, 2.05) is 18.2 Å². The third-order valence-electron chi connectivity index (χ3n) is 4.72. The van der Waals surface area contributed by atoms with E-state index >= 15 is 0 Å². The van der Waals surface area contributed by atoms with Crippen LogP contribution in [-0.4, -0.2) is 23.8 Å². The Labute approximate surface area is 199 Å². The summed E-state index contributed by atoms with van der Waals surface area (Å²) in [7, 11) is -2.45. The fourth-order valence-electron chi connectivity index (χ4n) is 3.05. The number of nitrogens with one attached hydrogen (secondary N) is 3. The monoisotopic (exact) mass is 487 g/mol. The minimum absolute atomic E-state index is 0.00632. The standard InChI is InChI=1S/C24H26ClN3O4S/c1-3-4-14-27-21-15-17(24(29)31-2)16-22(23(21)32-18-10-6-5-7-11-18)33(26,30)28-20-13-9-8-12-19(20)25/h5-13,15-16,27H,3-4,14H2,1-2H3,(H2,26,28,30). The third-order valence-corrected chi connectivity index (χ3v) is 6.48. The molecule has 0 saturated heterocycles. The number of esters is 1. The lowest BCUT2D eigenvalue weighted by atomic mass is 10.1. The van der Waals surface area contributed by atoms with Crippen LogP contribution in [0.4, 0.5) is 11.4 Å². The summed E-state index contributed by atoms with van der Waals surface area (Å²) in [6.07, 6.45) is 1.82. The predicted molar refractivity (Wildman–Crippen MR) is 132 cm³/mol. The maximum absolute atomic E-state index is 13.7. The molecular weight excluding hydrogens is 462 g/mol. The quantitative estimate of drug-likeness (QED) is 0.222. The van der Waals surface area contributed by atoms with E-state index in [1.165, 1.54) is 13.2 Å². The summed E-state index contributed by atoms with van der Waals surface area (Å²) < 4.78 is 36.1. The number of ether oxygens (including phenoxy) is 2. The van der Waals surface area contributed by atoms with E-state index in [0.29, 0.717) is 28.7 Å². The molecule has 3 aromatic carbocycles. The molecule has 33 heavy (non-hydrogen) atoms. The van der Waals surface area contributed by atoms with Crippen molar-refractivity contribution < 1.29 is 18.5 Å². The summed E-state index contributed by atoms with van der Waals surface area (Å²) in [4.78, 5) is 12.4. The Balaban J connectivity index is 2.17. The average Bonchev–Trinajstić information content (AvgIpc) is 2.81. The maximum atomic E-state index is 13.7. The van der Waals surface area contributed by atoms with Crippen LogP contribution in [0.25, 0.3) is 0 Å². The Morgan fingerprint density at radius 2 is 1.76 bits per heavy atom. The molecule has 1 atom stereocenters. The van der Waals surface area contributed by atoms with Crippen molar-refractivity contribution in [1.82, 2.24) is 0 Å². The van der Waals surface area contributed by atoms with Gasteiger partial charge in [-0.3, -0.25) is 4.72 Å². The Bertz CT molecular complexity index is 1220. The molecule has 0 heterocycles. The van der Waals surface area contributed by atoms with Crippen LogP contribution in [0.2, 0.25) is 5.02 Å². The largest absolute Gasteiger partial charge is 0.465 e. The Kier molecular flexibility index (Phi) is 8.19. The molecule has 9 heteroatoms. The van der Waals surface area contributed by atoms with Gasteiger partial charge in [-0.2, -0.15) is 0 Å². The van der Waals surface area contributed by atoms with Crippen molar-refractivity contribution in [3.8, 4) is 11.5 Å². The number of para-hydroxylation sites is 2. The number of halogens is 1. The second-order valence-electron chi connectivity index (χ2n) is 7.18. The summed E-state index contributed by atoms with van der Waals surface area (Å²) in [5.74, 6) is 0.0644. The first kappa shape index (κ1) is 24.4. The summed E-state index contributed by atoms with van der Waals surface area (Å²) in [5.41, 5.74) is 0.910. The molecular formula is C24H26ClN3O4S. The highest BCUT2D eigenvalue weighted by Crippen LogP contribution is 2.39. The zero-order chi connectivity index (χ0) is 23.8. The summed E-state index contributed by atoms with van der Waals surface area (Å²) in [6.45, 7) is 2.66. The zero-order valence-corrected chi connectivity index (χ0v) is 20.0. The van der Waals surface area contributed by atoms with Gasteiger partial charge in [0.2, 0.25) is 0 Å². The number of hydrogen-bond donors (Lipinski definition) is 3. The molecule has 0 aliphatic heterocycles. The lowest BCUT2D eigenvalue weighted by molar-refractivity contribution is 0.0600. The minimum atomic E-state index is -3.71. The zero-order valence-electron chi connectivity index (χ0n) is 18.4. The number of rotatable bonds is 10. The Hall–Kier alpha value is -3.23. The average molecular weight is 488 g/mol. The van der Waals surface area contributed by atoms with E-state index in [1.54, 1.807) is 42.5 Å². The van der Waals surface area contributed by atoms with Gasteiger partial charge >= 0.3 is 5.97 Å². The van der Waals surface area contributed by atoms with Gasteiger partial charge in [0.25, 0.3) is 0 Å². The number of hydrogen-bond acceptors (Lipinski definition) is 6. The number of methoxy groups -OCH3 is 1. The van der Waals surface area contributed by atoms with Gasteiger partial charge in [-0.25, -0.2) is 13.8 Å². The van der Waals surface area contributed by atoms with Crippen LogP contribution < -0.4 is 14.8 Å². The Morgan fingerprint density at radius 3 is 2.42 bits per heavy atom. The smallest absolute Gasteiger partial charge is 0.337 e. The second-order valence-corrected chi connectivity index (χ2v) is 9.34. The number of carbonyl (C=O) groups is 1. The molecule has 0 aliphatic carbocycles. The van der Waals surface area contributed by atoms with Crippen molar-refractivity contribution >= 4 is 38.9 Å². The van der Waals surface area contributed by atoms with Crippen molar-refractivity contribution in [3.05, 3.63) is 77.3 Å². The van der Waals surface area contributed by atoms with E-state index in [9.17, 15) is 9.00 Å². The molecule has 1 unspecified atom stereocenters. The SMILES string of the molecule is CCCCNc1cc(C(=O)OC)cc(S(=N)(=O)Nc2ccccc2Cl)c1Oc1ccccc1. The molecule has 3 rings (SSSR count). The Morgan fingerprint density at radius 1 is 1.06 bits per heavy atom. The van der Waals surface area contributed by atoms with E-state index in [4.69, 9.17) is 25.9 Å². The van der Waals surface area contributed by atoms with Gasteiger partial charge in [0.05, 0.1) is 29.1 Å². The lowest BCUT2D eigenvalue weighted by Gasteiger charge is -2.20. The van der Waals surface area contributed by atoms with Crippen molar-refractivity contribution in [2.75, 3.05) is 23.7 Å². The van der Waals surface area contributed by atoms with Crippen LogP contribution in [-0.2, 0) is 14.7 Å². The van der Waals surface area contributed by atoms with Crippen LogP contribution >= 0.6 is 11.6 Å². The first-order valence-corrected chi connectivity index (χ1v) is 12.3. The molecule has 174 valence electrons. The molecule has 0 spiro atoms. The highest BCUT2D eigenvalue weighted by molar-refractivity contribution is 7.93. The van der Waals surface area contributed by atoms with Crippen molar-refractivity contribution in [1.29, 1.82) is 4.78 Å². The summed E-state index contributed by atoms with van der Waals surface area (Å²) in [6, 6.07) is 18.6. The lowest BCUT2D eigenvalue weighted by Crippen LogP contribution is -2.16. The first-order chi connectivity index (χ1) is 15.9. The highest BCUT2D eigenvalue weighted by atomic mass is 35.5. The van der Waals surface area contributed by atoms with Gasteiger partial charge in [0.15, 0.2) is 15.7 Å². The number of anilines is 2. The van der Waals surface area contributed by atoms with Gasteiger partial charge in [-0.15, -0.1) is 0 Å². The fourth-order valence-corrected chi connectivity index (χ4v) is 4.59. The van der Waals surface area contributed by atoms with Gasteiger partial charge < -0.3 is 14.8 Å². The molecule has 0 radical (unpaired) electrons. The number of carbonyl (C=O) groups excluding carboxylic acids is 1. The van der Waals surface area contributed by atoms with Gasteiger partial charge in [-0.1, -0.05) is 55.3 Å². The van der Waals surface area contributed by atoms with Crippen molar-refractivity contribution in [2.24, 2.45) is 0 Å². The molecule has 0 saturated carbocycles. The molecule has 0 amide bonds. The van der Waals surface area contributed by atoms with E-state index in [2.05, 4.69) is 17.0 Å². The second kappa shape index (κ2) is 11.1. The fraction of sp³-hybridized carbons (Fsp3) is 0.208. The third kappa shape index (κ3) is 6.18. The molecule has 3 N–H and O–H groups in total. The minimum Gasteiger partial charge on any atom is -0.465 e. The van der Waals surface area contributed by atoms with Gasteiger partial charge in [0, 0.05) is 6.54 Å². The summed E-state index contributed by atoms with van der Waals surface area (Å²) in [5, 5.41) is 3.56. The highest BCUT2D eigenvalue weighted by Gasteiger charge is 2.25. The topological polar surface area (TPSA) is 101 Å². The predicted octanol–water partition coefficient (Wildman–Crippen LogP) is 6.56. The maximum Gasteiger partial charge on any atom is 0.337 e. The van der Waals surface area contributed by atoms with E-state index < -0.39 is 15.9 Å². The van der Waals surface area contributed by atoms with Crippen molar-refractivity contribution in [2.45, 2.75) is 24.7 Å². The van der Waals surface area contributed by atoms with Crippen molar-refractivity contribution in [3.63, 3.8) is 0 Å². The van der Waals surface area contributed by atoms with E-state index in [-0.39, 0.29) is 16.2 Å². The van der Waals surface area contributed by atoms with Gasteiger partial charge in [-0.05, 0) is 42.8 Å². The number of benzene rings is 3. The molecule has 3 aromatic rings. The normalized spacial score (nSPS) is 12.5.